The van der Waals surface area contributed by atoms with E-state index in [2.05, 4.69) is 25.1 Å². The van der Waals surface area contributed by atoms with Gasteiger partial charge in [-0.1, -0.05) is 12.1 Å². The summed E-state index contributed by atoms with van der Waals surface area (Å²) in [7, 11) is 3.41. The van der Waals surface area contributed by atoms with Gasteiger partial charge >= 0.3 is 0 Å². The molecule has 0 spiro atoms. The second-order valence-electron chi connectivity index (χ2n) is 6.42. The maximum absolute atomic E-state index is 12.0. The van der Waals surface area contributed by atoms with Crippen LogP contribution in [0, 0.1) is 0 Å². The van der Waals surface area contributed by atoms with Crippen LogP contribution in [0.15, 0.2) is 59.4 Å². The normalized spacial score (nSPS) is 10.7. The Morgan fingerprint density at radius 1 is 1.00 bits per heavy atom. The number of nitrogens with zero attached hydrogens (tertiary/aromatic N) is 6. The Morgan fingerprint density at radius 3 is 2.45 bits per heavy atom. The number of pyridine rings is 1. The van der Waals surface area contributed by atoms with Crippen molar-refractivity contribution in [3.63, 3.8) is 0 Å². The molecule has 2 N–H and O–H groups in total. The molecule has 29 heavy (non-hydrogen) atoms. The monoisotopic (exact) mass is 387 g/mol. The summed E-state index contributed by atoms with van der Waals surface area (Å²) in [6.45, 7) is 0. The van der Waals surface area contributed by atoms with Gasteiger partial charge in [-0.05, 0) is 24.3 Å². The summed E-state index contributed by atoms with van der Waals surface area (Å²) in [5.74, 6) is 0.574. The minimum Gasteiger partial charge on any atom is -0.414 e. The van der Waals surface area contributed by atoms with Crippen molar-refractivity contribution in [2.45, 2.75) is 0 Å². The lowest BCUT2D eigenvalue weighted by Crippen LogP contribution is -2.21. The van der Waals surface area contributed by atoms with E-state index in [4.69, 9.17) is 10.2 Å². The fourth-order valence-corrected chi connectivity index (χ4v) is 2.66. The number of amides is 1. The van der Waals surface area contributed by atoms with Crippen LogP contribution in [0.1, 0.15) is 10.4 Å². The first-order valence-corrected chi connectivity index (χ1v) is 8.72. The number of nitrogen functional groups attached to an aromatic ring is 1. The van der Waals surface area contributed by atoms with Crippen LogP contribution in [0.25, 0.3) is 34.3 Å². The molecule has 0 saturated carbocycles. The number of hydrogen-bond donors (Lipinski definition) is 1. The smallest absolute Gasteiger partial charge is 0.270 e. The number of carbonyl (C=O) groups excluding carboxylic acids is 1. The van der Waals surface area contributed by atoms with Crippen molar-refractivity contribution >= 4 is 11.7 Å². The second kappa shape index (κ2) is 7.47. The molecule has 0 aliphatic heterocycles. The first-order valence-electron chi connectivity index (χ1n) is 8.72. The van der Waals surface area contributed by atoms with Crippen LogP contribution >= 0.6 is 0 Å². The van der Waals surface area contributed by atoms with Crippen molar-refractivity contribution in [2.75, 3.05) is 19.8 Å². The quantitative estimate of drug-likeness (QED) is 0.566. The molecule has 3 heterocycles. The number of rotatable bonds is 4. The van der Waals surface area contributed by atoms with Gasteiger partial charge in [0.05, 0.1) is 17.5 Å². The molecule has 0 saturated heterocycles. The lowest BCUT2D eigenvalue weighted by atomic mass is 10.1. The SMILES string of the molecule is CN(C)C(=O)c1ccc(-c2cnc(N)c(-c3nnc(-c4cccnc4)o3)n2)cc1. The Kier molecular flexibility index (Phi) is 4.70. The molecule has 4 aromatic rings. The van der Waals surface area contributed by atoms with Gasteiger partial charge in [-0.3, -0.25) is 9.78 Å². The van der Waals surface area contributed by atoms with Crippen molar-refractivity contribution in [1.29, 1.82) is 0 Å². The zero-order chi connectivity index (χ0) is 20.4. The van der Waals surface area contributed by atoms with Gasteiger partial charge in [0.25, 0.3) is 11.8 Å². The van der Waals surface area contributed by atoms with Gasteiger partial charge in [0.15, 0.2) is 11.5 Å². The van der Waals surface area contributed by atoms with Crippen molar-refractivity contribution in [3.8, 4) is 34.3 Å². The fraction of sp³-hybridized carbons (Fsp3) is 0.100. The second-order valence-corrected chi connectivity index (χ2v) is 6.42. The summed E-state index contributed by atoms with van der Waals surface area (Å²) in [6, 6.07) is 10.7. The highest BCUT2D eigenvalue weighted by atomic mass is 16.4. The van der Waals surface area contributed by atoms with Crippen molar-refractivity contribution in [1.82, 2.24) is 30.0 Å². The molecule has 4 rings (SSSR count). The topological polar surface area (TPSA) is 124 Å². The van der Waals surface area contributed by atoms with E-state index < -0.39 is 0 Å². The summed E-state index contributed by atoms with van der Waals surface area (Å²) in [5.41, 5.74) is 8.89. The first-order chi connectivity index (χ1) is 14.0. The van der Waals surface area contributed by atoms with E-state index >= 15 is 0 Å². The van der Waals surface area contributed by atoms with Gasteiger partial charge in [0, 0.05) is 37.6 Å². The van der Waals surface area contributed by atoms with Crippen LogP contribution in [-0.4, -0.2) is 50.1 Å². The average Bonchev–Trinajstić information content (AvgIpc) is 3.24. The lowest BCUT2D eigenvalue weighted by molar-refractivity contribution is 0.0827. The molecule has 0 aliphatic carbocycles. The summed E-state index contributed by atoms with van der Waals surface area (Å²) >= 11 is 0. The van der Waals surface area contributed by atoms with Crippen LogP contribution < -0.4 is 5.73 Å². The zero-order valence-corrected chi connectivity index (χ0v) is 15.8. The van der Waals surface area contributed by atoms with E-state index in [1.807, 2.05) is 6.07 Å². The average molecular weight is 387 g/mol. The van der Waals surface area contributed by atoms with Crippen molar-refractivity contribution in [3.05, 3.63) is 60.6 Å². The Morgan fingerprint density at radius 2 is 1.76 bits per heavy atom. The maximum Gasteiger partial charge on any atom is 0.270 e. The van der Waals surface area contributed by atoms with Gasteiger partial charge < -0.3 is 15.1 Å². The lowest BCUT2D eigenvalue weighted by Gasteiger charge is -2.10. The molecule has 0 unspecified atom stereocenters. The first kappa shape index (κ1) is 18.2. The zero-order valence-electron chi connectivity index (χ0n) is 15.8. The van der Waals surface area contributed by atoms with E-state index in [-0.39, 0.29) is 17.6 Å². The predicted molar refractivity (Wildman–Crippen MR) is 106 cm³/mol. The molecule has 0 aliphatic rings. The molecule has 0 bridgehead atoms. The van der Waals surface area contributed by atoms with Gasteiger partial charge in [0.2, 0.25) is 5.89 Å². The van der Waals surface area contributed by atoms with E-state index in [0.717, 1.165) is 5.56 Å². The number of hydrogen-bond acceptors (Lipinski definition) is 8. The van der Waals surface area contributed by atoms with E-state index in [1.165, 1.54) is 4.90 Å². The summed E-state index contributed by atoms with van der Waals surface area (Å²) in [4.78, 5) is 26.3. The highest BCUT2D eigenvalue weighted by Crippen LogP contribution is 2.27. The molecule has 144 valence electrons. The number of benzene rings is 1. The predicted octanol–water partition coefficient (Wildman–Crippen LogP) is 2.54. The molecular weight excluding hydrogens is 370 g/mol. The van der Waals surface area contributed by atoms with Gasteiger partial charge in [0.1, 0.15) is 0 Å². The Labute approximate surface area is 166 Å². The third-order valence-electron chi connectivity index (χ3n) is 4.17. The standard InChI is InChI=1S/C20H17N7O2/c1-27(2)20(28)13-7-5-12(6-8-13)15-11-23-17(21)16(24-15)19-26-25-18(29-19)14-4-3-9-22-10-14/h3-11H,1-2H3,(H2,21,23). The van der Waals surface area contributed by atoms with Crippen LogP contribution in [0.4, 0.5) is 5.82 Å². The molecule has 0 atom stereocenters. The van der Waals surface area contributed by atoms with Crippen LogP contribution in [-0.2, 0) is 0 Å². The highest BCUT2D eigenvalue weighted by Gasteiger charge is 2.17. The van der Waals surface area contributed by atoms with Crippen LogP contribution in [0.5, 0.6) is 0 Å². The number of nitrogens with two attached hydrogens (primary N) is 1. The minimum atomic E-state index is -0.0746. The molecule has 9 nitrogen and oxygen atoms in total. The van der Waals surface area contributed by atoms with E-state index in [1.54, 1.807) is 63.0 Å². The van der Waals surface area contributed by atoms with E-state index in [9.17, 15) is 4.79 Å². The van der Waals surface area contributed by atoms with Crippen molar-refractivity contribution in [2.24, 2.45) is 0 Å². The largest absolute Gasteiger partial charge is 0.414 e. The molecule has 9 heteroatoms. The van der Waals surface area contributed by atoms with Gasteiger partial charge in [-0.15, -0.1) is 10.2 Å². The van der Waals surface area contributed by atoms with Crippen molar-refractivity contribution < 1.29 is 9.21 Å². The molecule has 1 aromatic carbocycles. The summed E-state index contributed by atoms with van der Waals surface area (Å²) in [5, 5.41) is 8.07. The highest BCUT2D eigenvalue weighted by molar-refractivity contribution is 5.94. The summed E-state index contributed by atoms with van der Waals surface area (Å²) < 4.78 is 5.71. The molecular formula is C20H17N7O2. The molecule has 0 radical (unpaired) electrons. The fourth-order valence-electron chi connectivity index (χ4n) is 2.66. The number of anilines is 1. The number of carbonyl (C=O) groups is 1. The molecule has 1 amide bonds. The number of aromatic nitrogens is 5. The minimum absolute atomic E-state index is 0.0746. The van der Waals surface area contributed by atoms with Gasteiger partial charge in [-0.2, -0.15) is 0 Å². The Hall–Kier alpha value is -4.14. The molecule has 3 aromatic heterocycles. The Balaban J connectivity index is 1.67. The van der Waals surface area contributed by atoms with Crippen LogP contribution in [0.3, 0.4) is 0 Å². The van der Waals surface area contributed by atoms with Gasteiger partial charge in [-0.25, -0.2) is 9.97 Å². The van der Waals surface area contributed by atoms with Crippen LogP contribution in [0.2, 0.25) is 0 Å². The van der Waals surface area contributed by atoms with E-state index in [0.29, 0.717) is 28.4 Å². The summed E-state index contributed by atoms with van der Waals surface area (Å²) in [6.07, 6.45) is 4.84. The third-order valence-corrected chi connectivity index (χ3v) is 4.17. The Bertz CT molecular complexity index is 1160. The molecule has 0 fully saturated rings. The third kappa shape index (κ3) is 3.65. The maximum atomic E-state index is 12.0.